The number of aliphatic hydroxyl groups excluding tert-OH is 1. The van der Waals surface area contributed by atoms with E-state index in [1.54, 1.807) is 0 Å². The Balaban J connectivity index is 2.10. The topological polar surface area (TPSA) is 266 Å². The van der Waals surface area contributed by atoms with Gasteiger partial charge in [0.15, 0.2) is 0 Å². The molecule has 3 amide bonds. The summed E-state index contributed by atoms with van der Waals surface area (Å²) in [6.45, 7) is -0.848. The van der Waals surface area contributed by atoms with Gasteiger partial charge in [-0.25, -0.2) is 14.8 Å². The van der Waals surface area contributed by atoms with E-state index in [-0.39, 0.29) is 25.7 Å². The fraction of sp³-hybridized carbons (Fsp3) is 0.450. The van der Waals surface area contributed by atoms with Crippen molar-refractivity contribution in [3.05, 3.63) is 36.4 Å². The predicted molar refractivity (Wildman–Crippen MR) is 120 cm³/mol. The van der Waals surface area contributed by atoms with Gasteiger partial charge in [-0.15, -0.1) is 0 Å². The van der Waals surface area contributed by atoms with Crippen LogP contribution in [0.4, 0.5) is 0 Å². The molecule has 2 aromatic heterocycles. The molecule has 36 heavy (non-hydrogen) atoms. The molecule has 0 radical (unpaired) electrons. The zero-order chi connectivity index (χ0) is 26.7. The fourth-order valence-electron chi connectivity index (χ4n) is 3.07. The van der Waals surface area contributed by atoms with Gasteiger partial charge in [-0.2, -0.15) is 0 Å². The molecule has 0 fully saturated rings. The van der Waals surface area contributed by atoms with Crippen molar-refractivity contribution < 1.29 is 39.3 Å². The number of hydrogen-bond acceptors (Lipinski definition) is 9. The molecule has 0 aromatic carbocycles. The van der Waals surface area contributed by atoms with E-state index in [4.69, 9.17) is 10.8 Å². The van der Waals surface area contributed by atoms with Crippen molar-refractivity contribution in [2.45, 2.75) is 49.9 Å². The lowest BCUT2D eigenvalue weighted by atomic mass is 10.1. The number of nitrogens with zero attached hydrogens (tertiary/aromatic N) is 2. The second-order valence-electron chi connectivity index (χ2n) is 7.81. The maximum Gasteiger partial charge on any atom is 0.326 e. The quantitative estimate of drug-likeness (QED) is 0.115. The maximum atomic E-state index is 13.0. The first-order chi connectivity index (χ1) is 17.1. The molecule has 0 aliphatic rings. The minimum Gasteiger partial charge on any atom is -0.481 e. The SMILES string of the molecule is NC(CCC(=O)O)C(=O)NC(CO)C(=O)NC(Cc1cnc[nH]1)C(=O)NC(Cc1cnc[nH]1)C(=O)O. The van der Waals surface area contributed by atoms with Gasteiger partial charge in [0.2, 0.25) is 17.7 Å². The lowest BCUT2D eigenvalue weighted by Gasteiger charge is -2.24. The van der Waals surface area contributed by atoms with Gasteiger partial charge in [0.25, 0.3) is 0 Å². The molecule has 0 bridgehead atoms. The predicted octanol–water partition coefficient (Wildman–Crippen LogP) is -3.36. The van der Waals surface area contributed by atoms with Gasteiger partial charge in [-0.3, -0.25) is 19.2 Å². The van der Waals surface area contributed by atoms with Crippen LogP contribution in [0.1, 0.15) is 24.2 Å². The Labute approximate surface area is 204 Å². The van der Waals surface area contributed by atoms with Gasteiger partial charge in [0, 0.05) is 43.0 Å². The van der Waals surface area contributed by atoms with E-state index in [1.165, 1.54) is 25.0 Å². The summed E-state index contributed by atoms with van der Waals surface area (Å²) in [4.78, 5) is 73.4. The number of imidazole rings is 2. The van der Waals surface area contributed by atoms with Crippen LogP contribution in [0.25, 0.3) is 0 Å². The highest BCUT2D eigenvalue weighted by Gasteiger charge is 2.31. The molecule has 0 spiro atoms. The maximum absolute atomic E-state index is 13.0. The van der Waals surface area contributed by atoms with Crippen LogP contribution in [0.15, 0.2) is 25.0 Å². The highest BCUT2D eigenvalue weighted by atomic mass is 16.4. The third kappa shape index (κ3) is 8.80. The summed E-state index contributed by atoms with van der Waals surface area (Å²) in [5, 5.41) is 34.8. The monoisotopic (exact) mass is 508 g/mol. The lowest BCUT2D eigenvalue weighted by molar-refractivity contribution is -0.142. The number of carboxylic acids is 2. The van der Waals surface area contributed by atoms with Gasteiger partial charge in [0.05, 0.1) is 25.3 Å². The normalized spacial score (nSPS) is 14.2. The van der Waals surface area contributed by atoms with Gasteiger partial charge in [0.1, 0.15) is 18.1 Å². The van der Waals surface area contributed by atoms with Crippen molar-refractivity contribution in [3.63, 3.8) is 0 Å². The number of carboxylic acid groups (broad SMARTS) is 2. The van der Waals surface area contributed by atoms with Crippen LogP contribution in [0.5, 0.6) is 0 Å². The van der Waals surface area contributed by atoms with Crippen LogP contribution in [0.2, 0.25) is 0 Å². The van der Waals surface area contributed by atoms with E-state index < -0.39 is 60.4 Å². The van der Waals surface area contributed by atoms with E-state index >= 15 is 0 Å². The molecule has 4 atom stereocenters. The molecule has 4 unspecified atom stereocenters. The summed E-state index contributed by atoms with van der Waals surface area (Å²) in [6, 6.07) is -5.41. The van der Waals surface area contributed by atoms with Crippen LogP contribution >= 0.6 is 0 Å². The number of H-pyrrole nitrogens is 2. The number of aromatic amines is 2. The zero-order valence-electron chi connectivity index (χ0n) is 19.0. The zero-order valence-corrected chi connectivity index (χ0v) is 19.0. The van der Waals surface area contributed by atoms with Crippen LogP contribution < -0.4 is 21.7 Å². The molecule has 10 N–H and O–H groups in total. The van der Waals surface area contributed by atoms with E-state index in [1.807, 2.05) is 0 Å². The number of carbonyl (C=O) groups is 5. The molecule has 16 nitrogen and oxygen atoms in total. The van der Waals surface area contributed by atoms with Gasteiger partial charge < -0.3 is 47.0 Å². The lowest BCUT2D eigenvalue weighted by Crippen LogP contribution is -2.58. The molecule has 0 aliphatic heterocycles. The number of carbonyl (C=O) groups excluding carboxylic acids is 3. The molecule has 2 heterocycles. The Kier molecular flexibility index (Phi) is 10.5. The van der Waals surface area contributed by atoms with E-state index in [0.717, 1.165) is 0 Å². The largest absolute Gasteiger partial charge is 0.481 e. The van der Waals surface area contributed by atoms with Gasteiger partial charge in [-0.05, 0) is 6.42 Å². The highest BCUT2D eigenvalue weighted by molar-refractivity contribution is 5.94. The number of amides is 3. The molecule has 196 valence electrons. The smallest absolute Gasteiger partial charge is 0.326 e. The van der Waals surface area contributed by atoms with E-state index in [2.05, 4.69) is 35.9 Å². The summed E-state index contributed by atoms with van der Waals surface area (Å²) in [6.07, 6.45) is 4.72. The second-order valence-corrected chi connectivity index (χ2v) is 7.81. The highest BCUT2D eigenvalue weighted by Crippen LogP contribution is 2.04. The van der Waals surface area contributed by atoms with Crippen molar-refractivity contribution >= 4 is 29.7 Å². The summed E-state index contributed by atoms with van der Waals surface area (Å²) in [5.74, 6) is -5.14. The molecule has 2 rings (SSSR count). The summed E-state index contributed by atoms with van der Waals surface area (Å²) in [5.41, 5.74) is 6.52. The summed E-state index contributed by atoms with van der Waals surface area (Å²) in [7, 11) is 0. The number of hydrogen-bond donors (Lipinski definition) is 9. The number of aliphatic hydroxyl groups is 1. The summed E-state index contributed by atoms with van der Waals surface area (Å²) < 4.78 is 0. The van der Waals surface area contributed by atoms with Crippen LogP contribution in [-0.2, 0) is 36.8 Å². The Bertz CT molecular complexity index is 1030. The third-order valence-electron chi connectivity index (χ3n) is 5.03. The first kappa shape index (κ1) is 27.9. The van der Waals surface area contributed by atoms with Crippen molar-refractivity contribution in [2.75, 3.05) is 6.61 Å². The Morgan fingerprint density at radius 2 is 1.33 bits per heavy atom. The number of rotatable bonds is 15. The van der Waals surface area contributed by atoms with Crippen molar-refractivity contribution in [2.24, 2.45) is 5.73 Å². The van der Waals surface area contributed by atoms with E-state index in [0.29, 0.717) is 11.4 Å². The Hall–Kier alpha value is -4.31. The number of nitrogens with one attached hydrogen (secondary N) is 5. The van der Waals surface area contributed by atoms with Crippen LogP contribution in [-0.4, -0.2) is 95.7 Å². The van der Waals surface area contributed by atoms with Crippen molar-refractivity contribution in [1.29, 1.82) is 0 Å². The van der Waals surface area contributed by atoms with Gasteiger partial charge in [-0.1, -0.05) is 0 Å². The molecule has 0 saturated carbocycles. The number of nitrogens with two attached hydrogens (primary N) is 1. The van der Waals surface area contributed by atoms with E-state index in [9.17, 15) is 34.2 Å². The first-order valence-corrected chi connectivity index (χ1v) is 10.8. The number of aromatic nitrogens is 4. The average Bonchev–Trinajstić information content (AvgIpc) is 3.54. The first-order valence-electron chi connectivity index (χ1n) is 10.8. The molecule has 16 heteroatoms. The molecular formula is C20H28N8O8. The third-order valence-corrected chi connectivity index (χ3v) is 5.03. The minimum atomic E-state index is -1.51. The second kappa shape index (κ2) is 13.5. The molecule has 2 aromatic rings. The Morgan fingerprint density at radius 3 is 1.81 bits per heavy atom. The standard InChI is InChI=1S/C20H28N8O8/c21-12(1-2-16(30)31)17(32)28-15(7-29)19(34)26-13(3-10-5-22-8-24-10)18(33)27-14(20(35)36)4-11-6-23-9-25-11/h5-6,8-9,12-15,29H,1-4,7,21H2,(H,22,24)(H,23,25)(H,26,34)(H,27,33)(H,28,32)(H,30,31)(H,35,36). The molecular weight excluding hydrogens is 480 g/mol. The molecule has 0 saturated heterocycles. The van der Waals surface area contributed by atoms with Crippen molar-refractivity contribution in [1.82, 2.24) is 35.9 Å². The van der Waals surface area contributed by atoms with Crippen molar-refractivity contribution in [3.8, 4) is 0 Å². The minimum absolute atomic E-state index is 0.102. The summed E-state index contributed by atoms with van der Waals surface area (Å²) >= 11 is 0. The average molecular weight is 508 g/mol. The van der Waals surface area contributed by atoms with Crippen LogP contribution in [0, 0.1) is 0 Å². The Morgan fingerprint density at radius 1 is 0.833 bits per heavy atom. The fourth-order valence-corrected chi connectivity index (χ4v) is 3.07. The number of aliphatic carboxylic acids is 2. The molecule has 0 aliphatic carbocycles. The van der Waals surface area contributed by atoms with Gasteiger partial charge >= 0.3 is 11.9 Å². The van der Waals surface area contributed by atoms with Crippen LogP contribution in [0.3, 0.4) is 0 Å².